The minimum atomic E-state index is 0.159. The van der Waals surface area contributed by atoms with Crippen LogP contribution in [-0.4, -0.2) is 50.9 Å². The van der Waals surface area contributed by atoms with Crippen LogP contribution in [0.15, 0.2) is 22.7 Å². The fourth-order valence-corrected chi connectivity index (χ4v) is 3.28. The molecule has 1 aromatic rings. The zero-order valence-corrected chi connectivity index (χ0v) is 14.8. The Hall–Kier alpha value is -0.620. The molecule has 0 amide bonds. The third-order valence-corrected chi connectivity index (χ3v) is 4.47. The van der Waals surface area contributed by atoms with Crippen LogP contribution >= 0.6 is 15.9 Å². The Morgan fingerprint density at radius 3 is 2.86 bits per heavy atom. The number of likely N-dealkylation sites (N-methyl/N-ethyl adjacent to an activating group) is 1. The minimum Gasteiger partial charge on any atom is -0.496 e. The van der Waals surface area contributed by atoms with Gasteiger partial charge in [-0.15, -0.1) is 0 Å². The summed E-state index contributed by atoms with van der Waals surface area (Å²) in [5, 5.41) is 3.48. The number of halogens is 1. The molecule has 0 saturated carbocycles. The molecular weight excluding hydrogens is 332 g/mol. The van der Waals surface area contributed by atoms with Gasteiger partial charge in [0.25, 0.3) is 0 Å². The van der Waals surface area contributed by atoms with Crippen molar-refractivity contribution >= 4 is 15.9 Å². The first-order valence-electron chi connectivity index (χ1n) is 7.41. The zero-order chi connectivity index (χ0) is 15.4. The summed E-state index contributed by atoms with van der Waals surface area (Å²) in [6, 6.07) is 6.99. The number of hydrogen-bond donors (Lipinski definition) is 1. The molecule has 5 heteroatoms. The third kappa shape index (κ3) is 4.19. The van der Waals surface area contributed by atoms with Gasteiger partial charge in [-0.2, -0.15) is 0 Å². The molecule has 2 atom stereocenters. The number of methoxy groups -OCH3 is 1. The average molecular weight is 357 g/mol. The lowest BCUT2D eigenvalue weighted by Crippen LogP contribution is -2.48. The summed E-state index contributed by atoms with van der Waals surface area (Å²) in [5.41, 5.74) is 1.25. The number of hydrogen-bond acceptors (Lipinski definition) is 4. The second-order valence-corrected chi connectivity index (χ2v) is 6.65. The van der Waals surface area contributed by atoms with Crippen LogP contribution in [0, 0.1) is 0 Å². The molecule has 1 aliphatic heterocycles. The molecule has 0 aromatic heterocycles. The van der Waals surface area contributed by atoms with Crippen LogP contribution in [-0.2, 0) is 4.74 Å². The summed E-state index contributed by atoms with van der Waals surface area (Å²) >= 11 is 3.58. The van der Waals surface area contributed by atoms with Gasteiger partial charge in [0.2, 0.25) is 0 Å². The Bertz CT molecular complexity index is 468. The van der Waals surface area contributed by atoms with Gasteiger partial charge in [0, 0.05) is 19.1 Å². The summed E-state index contributed by atoms with van der Waals surface area (Å²) in [4.78, 5) is 2.37. The normalized spacial score (nSPS) is 23.5. The molecule has 1 aliphatic rings. The molecule has 1 N–H and O–H groups in total. The van der Waals surface area contributed by atoms with Gasteiger partial charge < -0.3 is 14.8 Å². The molecule has 1 fully saturated rings. The lowest BCUT2D eigenvalue weighted by atomic mass is 9.98. The molecule has 1 saturated heterocycles. The summed E-state index contributed by atoms with van der Waals surface area (Å²) < 4.78 is 12.3. The van der Waals surface area contributed by atoms with E-state index in [1.165, 1.54) is 5.56 Å². The van der Waals surface area contributed by atoms with Gasteiger partial charge >= 0.3 is 0 Å². The molecule has 118 valence electrons. The molecule has 0 radical (unpaired) electrons. The number of benzene rings is 1. The van der Waals surface area contributed by atoms with Crippen LogP contribution in [0.2, 0.25) is 0 Å². The fourth-order valence-electron chi connectivity index (χ4n) is 2.72. The van der Waals surface area contributed by atoms with Crippen molar-refractivity contribution in [3.05, 3.63) is 28.2 Å². The van der Waals surface area contributed by atoms with E-state index in [4.69, 9.17) is 9.47 Å². The molecule has 4 nitrogen and oxygen atoms in total. The standard InChI is InChI=1S/C16H25BrN2O2/c1-11(2)18-10-15-16(19(3)7-8-21-15)12-5-6-14(20-4)13(17)9-12/h5-6,9,11,15-16,18H,7-8,10H2,1-4H3. The highest BCUT2D eigenvalue weighted by Crippen LogP contribution is 2.33. The summed E-state index contributed by atoms with van der Waals surface area (Å²) in [6.07, 6.45) is 0.159. The van der Waals surface area contributed by atoms with Crippen molar-refractivity contribution in [2.75, 3.05) is 33.9 Å². The highest BCUT2D eigenvalue weighted by Gasteiger charge is 2.31. The van der Waals surface area contributed by atoms with Crippen LogP contribution in [0.1, 0.15) is 25.5 Å². The lowest BCUT2D eigenvalue weighted by Gasteiger charge is -2.40. The maximum absolute atomic E-state index is 6.01. The van der Waals surface area contributed by atoms with Gasteiger partial charge in [0.1, 0.15) is 5.75 Å². The largest absolute Gasteiger partial charge is 0.496 e. The van der Waals surface area contributed by atoms with E-state index in [2.05, 4.69) is 59.2 Å². The van der Waals surface area contributed by atoms with Crippen LogP contribution in [0.3, 0.4) is 0 Å². The number of rotatable bonds is 5. The Balaban J connectivity index is 2.20. The van der Waals surface area contributed by atoms with Crippen LogP contribution in [0.25, 0.3) is 0 Å². The predicted octanol–water partition coefficient (Wildman–Crippen LogP) is 2.83. The van der Waals surface area contributed by atoms with Crippen molar-refractivity contribution in [2.24, 2.45) is 0 Å². The van der Waals surface area contributed by atoms with Gasteiger partial charge in [-0.1, -0.05) is 19.9 Å². The fraction of sp³-hybridized carbons (Fsp3) is 0.625. The second-order valence-electron chi connectivity index (χ2n) is 5.79. The van der Waals surface area contributed by atoms with Gasteiger partial charge in [-0.3, -0.25) is 4.90 Å². The molecule has 2 rings (SSSR count). The number of nitrogens with zero attached hydrogens (tertiary/aromatic N) is 1. The van der Waals surface area contributed by atoms with Gasteiger partial charge in [0.05, 0.1) is 30.3 Å². The van der Waals surface area contributed by atoms with E-state index in [1.807, 2.05) is 6.07 Å². The Kier molecular flexibility index (Phi) is 6.05. The quantitative estimate of drug-likeness (QED) is 0.879. The smallest absolute Gasteiger partial charge is 0.133 e. The van der Waals surface area contributed by atoms with E-state index in [-0.39, 0.29) is 12.1 Å². The topological polar surface area (TPSA) is 33.7 Å². The van der Waals surface area contributed by atoms with Crippen molar-refractivity contribution in [3.8, 4) is 5.75 Å². The molecule has 0 spiro atoms. The third-order valence-electron chi connectivity index (χ3n) is 3.85. The number of morpholine rings is 1. The molecular formula is C16H25BrN2O2. The predicted molar refractivity (Wildman–Crippen MR) is 88.9 cm³/mol. The van der Waals surface area contributed by atoms with E-state index in [1.54, 1.807) is 7.11 Å². The van der Waals surface area contributed by atoms with Crippen LogP contribution in [0.5, 0.6) is 5.75 Å². The van der Waals surface area contributed by atoms with Crippen LogP contribution in [0.4, 0.5) is 0 Å². The van der Waals surface area contributed by atoms with Crippen LogP contribution < -0.4 is 10.1 Å². The monoisotopic (exact) mass is 356 g/mol. The number of ether oxygens (including phenoxy) is 2. The SMILES string of the molecule is COc1ccc(C2C(CNC(C)C)OCCN2C)cc1Br. The highest BCUT2D eigenvalue weighted by atomic mass is 79.9. The Morgan fingerprint density at radius 2 is 2.24 bits per heavy atom. The Labute approximate surface area is 135 Å². The lowest BCUT2D eigenvalue weighted by molar-refractivity contribution is -0.0620. The molecule has 0 bridgehead atoms. The van der Waals surface area contributed by atoms with Gasteiger partial charge in [-0.25, -0.2) is 0 Å². The Morgan fingerprint density at radius 1 is 1.48 bits per heavy atom. The van der Waals surface area contributed by atoms with Crippen molar-refractivity contribution < 1.29 is 9.47 Å². The maximum atomic E-state index is 6.01. The van der Waals surface area contributed by atoms with Gasteiger partial charge in [0.15, 0.2) is 0 Å². The maximum Gasteiger partial charge on any atom is 0.133 e. The van der Waals surface area contributed by atoms with E-state index in [0.717, 1.165) is 29.9 Å². The highest BCUT2D eigenvalue weighted by molar-refractivity contribution is 9.10. The van der Waals surface area contributed by atoms with Crippen molar-refractivity contribution in [3.63, 3.8) is 0 Å². The summed E-state index contributed by atoms with van der Waals surface area (Å²) in [6.45, 7) is 6.91. The second kappa shape index (κ2) is 7.58. The molecule has 2 unspecified atom stereocenters. The molecule has 0 aliphatic carbocycles. The van der Waals surface area contributed by atoms with E-state index < -0.39 is 0 Å². The van der Waals surface area contributed by atoms with Gasteiger partial charge in [-0.05, 0) is 40.7 Å². The number of nitrogens with one attached hydrogen (secondary N) is 1. The van der Waals surface area contributed by atoms with Crippen molar-refractivity contribution in [2.45, 2.75) is 32.0 Å². The minimum absolute atomic E-state index is 0.159. The summed E-state index contributed by atoms with van der Waals surface area (Å²) in [7, 11) is 3.85. The van der Waals surface area contributed by atoms with E-state index >= 15 is 0 Å². The average Bonchev–Trinajstić information content (AvgIpc) is 2.45. The first-order valence-corrected chi connectivity index (χ1v) is 8.21. The molecule has 21 heavy (non-hydrogen) atoms. The molecule has 1 aromatic carbocycles. The summed E-state index contributed by atoms with van der Waals surface area (Å²) in [5.74, 6) is 0.856. The first-order chi connectivity index (χ1) is 10.0. The van der Waals surface area contributed by atoms with Crippen molar-refractivity contribution in [1.29, 1.82) is 0 Å². The first kappa shape index (κ1) is 16.7. The molecule has 1 heterocycles. The van der Waals surface area contributed by atoms with Crippen molar-refractivity contribution in [1.82, 2.24) is 10.2 Å². The zero-order valence-electron chi connectivity index (χ0n) is 13.2. The van der Waals surface area contributed by atoms with E-state index in [9.17, 15) is 0 Å². The van der Waals surface area contributed by atoms with E-state index in [0.29, 0.717) is 6.04 Å².